The normalized spacial score (nSPS) is 20.6. The monoisotopic (exact) mass is 319 g/mol. The molecule has 4 nitrogen and oxygen atoms in total. The summed E-state index contributed by atoms with van der Waals surface area (Å²) in [7, 11) is 1.75. The topological polar surface area (TPSA) is 38.2 Å². The molecule has 0 aromatic carbocycles. The summed E-state index contributed by atoms with van der Waals surface area (Å²) >= 11 is 9.31. The second kappa shape index (κ2) is 5.98. The lowest BCUT2D eigenvalue weighted by Crippen LogP contribution is -2.37. The summed E-state index contributed by atoms with van der Waals surface area (Å²) in [6.45, 7) is 2.76. The van der Waals surface area contributed by atoms with Gasteiger partial charge in [0.05, 0.1) is 11.1 Å². The number of hydrogen-bond acceptors (Lipinski definition) is 4. The highest BCUT2D eigenvalue weighted by atomic mass is 79.9. The van der Waals surface area contributed by atoms with Gasteiger partial charge < -0.3 is 9.64 Å². The van der Waals surface area contributed by atoms with Crippen LogP contribution in [0.15, 0.2) is 10.7 Å². The lowest BCUT2D eigenvalue weighted by molar-refractivity contribution is 0.143. The molecule has 17 heavy (non-hydrogen) atoms. The number of hydrogen-bond donors (Lipinski definition) is 0. The first kappa shape index (κ1) is 13.1. The maximum Gasteiger partial charge on any atom is 0.224 e. The first-order valence-corrected chi connectivity index (χ1v) is 6.79. The summed E-state index contributed by atoms with van der Waals surface area (Å²) in [5, 5.41) is 0.289. The first-order chi connectivity index (χ1) is 8.20. The van der Waals surface area contributed by atoms with E-state index in [1.165, 1.54) is 6.42 Å². The van der Waals surface area contributed by atoms with E-state index in [4.69, 9.17) is 16.3 Å². The van der Waals surface area contributed by atoms with Crippen molar-refractivity contribution in [3.63, 3.8) is 0 Å². The fraction of sp³-hybridized carbons (Fsp3) is 0.636. The molecule has 0 N–H and O–H groups in total. The molecule has 0 saturated carbocycles. The third-order valence-electron chi connectivity index (χ3n) is 2.92. The predicted octanol–water partition coefficient (Wildman–Crippen LogP) is 2.76. The van der Waals surface area contributed by atoms with E-state index in [2.05, 4.69) is 30.8 Å². The Morgan fingerprint density at radius 1 is 1.65 bits per heavy atom. The van der Waals surface area contributed by atoms with Crippen LogP contribution in [0.4, 0.5) is 5.82 Å². The average molecular weight is 321 g/mol. The summed E-state index contributed by atoms with van der Waals surface area (Å²) in [5.41, 5.74) is 0. The number of aromatic nitrogens is 2. The zero-order valence-electron chi connectivity index (χ0n) is 9.70. The van der Waals surface area contributed by atoms with Crippen molar-refractivity contribution in [2.24, 2.45) is 5.92 Å². The van der Waals surface area contributed by atoms with Crippen LogP contribution >= 0.6 is 27.5 Å². The van der Waals surface area contributed by atoms with Crippen LogP contribution in [0.1, 0.15) is 12.8 Å². The number of halogens is 2. The van der Waals surface area contributed by atoms with E-state index in [0.717, 1.165) is 36.4 Å². The molecule has 0 bridgehead atoms. The van der Waals surface area contributed by atoms with Crippen LogP contribution in [0.3, 0.4) is 0 Å². The van der Waals surface area contributed by atoms with Gasteiger partial charge in [0.1, 0.15) is 5.82 Å². The van der Waals surface area contributed by atoms with Gasteiger partial charge >= 0.3 is 0 Å². The lowest BCUT2D eigenvalue weighted by atomic mass is 9.99. The highest BCUT2D eigenvalue weighted by Crippen LogP contribution is 2.28. The van der Waals surface area contributed by atoms with Gasteiger partial charge in [0, 0.05) is 26.4 Å². The smallest absolute Gasteiger partial charge is 0.224 e. The fourth-order valence-corrected chi connectivity index (χ4v) is 2.76. The third-order valence-corrected chi connectivity index (χ3v) is 3.66. The summed E-state index contributed by atoms with van der Waals surface area (Å²) in [5.74, 6) is 1.44. The zero-order valence-corrected chi connectivity index (χ0v) is 12.0. The SMILES string of the molecule is COCC1CCCN(c2nc(Cl)ncc2Br)C1. The first-order valence-electron chi connectivity index (χ1n) is 5.62. The molecule has 1 atom stereocenters. The van der Waals surface area contributed by atoms with Gasteiger partial charge in [-0.15, -0.1) is 0 Å². The molecule has 0 spiro atoms. The van der Waals surface area contributed by atoms with Gasteiger partial charge in [-0.25, -0.2) is 4.98 Å². The molecule has 0 aliphatic carbocycles. The maximum absolute atomic E-state index is 5.84. The molecular weight excluding hydrogens is 305 g/mol. The van der Waals surface area contributed by atoms with E-state index in [-0.39, 0.29) is 5.28 Å². The minimum absolute atomic E-state index is 0.289. The molecule has 0 radical (unpaired) electrons. The maximum atomic E-state index is 5.84. The Hall–Kier alpha value is -0.390. The Morgan fingerprint density at radius 2 is 2.47 bits per heavy atom. The lowest BCUT2D eigenvalue weighted by Gasteiger charge is -2.33. The van der Waals surface area contributed by atoms with Gasteiger partial charge in [0.25, 0.3) is 0 Å². The second-order valence-electron chi connectivity index (χ2n) is 4.22. The van der Waals surface area contributed by atoms with E-state index in [0.29, 0.717) is 5.92 Å². The second-order valence-corrected chi connectivity index (χ2v) is 5.41. The van der Waals surface area contributed by atoms with Crippen LogP contribution in [-0.4, -0.2) is 36.8 Å². The Bertz CT molecular complexity index is 389. The molecule has 6 heteroatoms. The molecule has 0 amide bonds. The van der Waals surface area contributed by atoms with Crippen molar-refractivity contribution in [2.75, 3.05) is 31.7 Å². The van der Waals surface area contributed by atoms with Crippen molar-refractivity contribution in [3.05, 3.63) is 16.0 Å². The largest absolute Gasteiger partial charge is 0.384 e. The van der Waals surface area contributed by atoms with Crippen molar-refractivity contribution in [2.45, 2.75) is 12.8 Å². The van der Waals surface area contributed by atoms with Crippen LogP contribution in [0.5, 0.6) is 0 Å². The molecule has 2 rings (SSSR count). The Morgan fingerprint density at radius 3 is 3.24 bits per heavy atom. The summed E-state index contributed by atoms with van der Waals surface area (Å²) in [6.07, 6.45) is 4.06. The minimum atomic E-state index is 0.289. The Kier molecular flexibility index (Phi) is 4.59. The molecule has 1 unspecified atom stereocenters. The van der Waals surface area contributed by atoms with E-state index < -0.39 is 0 Å². The van der Waals surface area contributed by atoms with Crippen LogP contribution in [0, 0.1) is 5.92 Å². The van der Waals surface area contributed by atoms with E-state index in [1.807, 2.05) is 0 Å². The number of anilines is 1. The standard InChI is InChI=1S/C11H15BrClN3O/c1-17-7-8-3-2-4-16(6-8)10-9(12)5-14-11(13)15-10/h5,8H,2-4,6-7H2,1H3. The van der Waals surface area contributed by atoms with Crippen LogP contribution < -0.4 is 4.90 Å². The van der Waals surface area contributed by atoms with Crippen LogP contribution in [-0.2, 0) is 4.74 Å². The van der Waals surface area contributed by atoms with Crippen molar-refractivity contribution >= 4 is 33.3 Å². The fourth-order valence-electron chi connectivity index (χ4n) is 2.19. The molecule has 2 heterocycles. The molecular formula is C11H15BrClN3O. The van der Waals surface area contributed by atoms with Gasteiger partial charge in [-0.3, -0.25) is 0 Å². The van der Waals surface area contributed by atoms with Crippen molar-refractivity contribution in [1.82, 2.24) is 9.97 Å². The highest BCUT2D eigenvalue weighted by Gasteiger charge is 2.22. The van der Waals surface area contributed by atoms with E-state index >= 15 is 0 Å². The molecule has 1 fully saturated rings. The number of nitrogens with zero attached hydrogens (tertiary/aromatic N) is 3. The molecule has 94 valence electrons. The molecule has 1 saturated heterocycles. The van der Waals surface area contributed by atoms with Gasteiger partial charge in [0.15, 0.2) is 0 Å². The third kappa shape index (κ3) is 3.30. The number of methoxy groups -OCH3 is 1. The van der Waals surface area contributed by atoms with Crippen molar-refractivity contribution < 1.29 is 4.74 Å². The van der Waals surface area contributed by atoms with Gasteiger partial charge in [0.2, 0.25) is 5.28 Å². The van der Waals surface area contributed by atoms with Gasteiger partial charge in [-0.1, -0.05) is 0 Å². The van der Waals surface area contributed by atoms with Gasteiger partial charge in [-0.2, -0.15) is 4.98 Å². The van der Waals surface area contributed by atoms with Crippen molar-refractivity contribution in [3.8, 4) is 0 Å². The number of piperidine rings is 1. The van der Waals surface area contributed by atoms with Crippen LogP contribution in [0.25, 0.3) is 0 Å². The van der Waals surface area contributed by atoms with Crippen molar-refractivity contribution in [1.29, 1.82) is 0 Å². The number of ether oxygens (including phenoxy) is 1. The molecule has 1 aromatic rings. The molecule has 1 aliphatic rings. The average Bonchev–Trinajstić information content (AvgIpc) is 2.33. The summed E-state index contributed by atoms with van der Waals surface area (Å²) in [6, 6.07) is 0. The Balaban J connectivity index is 2.13. The molecule has 1 aliphatic heterocycles. The highest BCUT2D eigenvalue weighted by molar-refractivity contribution is 9.10. The quantitative estimate of drug-likeness (QED) is 0.803. The van der Waals surface area contributed by atoms with E-state index in [9.17, 15) is 0 Å². The van der Waals surface area contributed by atoms with Crippen LogP contribution in [0.2, 0.25) is 5.28 Å². The zero-order chi connectivity index (χ0) is 12.3. The Labute approximate surface area is 114 Å². The van der Waals surface area contributed by atoms with Gasteiger partial charge in [-0.05, 0) is 46.3 Å². The molecule has 1 aromatic heterocycles. The summed E-state index contributed by atoms with van der Waals surface area (Å²) in [4.78, 5) is 10.5. The predicted molar refractivity (Wildman–Crippen MR) is 71.6 cm³/mol. The minimum Gasteiger partial charge on any atom is -0.384 e. The van der Waals surface area contributed by atoms with E-state index in [1.54, 1.807) is 13.3 Å². The number of rotatable bonds is 3. The summed E-state index contributed by atoms with van der Waals surface area (Å²) < 4.78 is 6.11.